The van der Waals surface area contributed by atoms with E-state index in [0.29, 0.717) is 6.42 Å². The molecule has 0 bridgehead atoms. The second kappa shape index (κ2) is 17.9. The predicted octanol–water partition coefficient (Wildman–Crippen LogP) is -3.53. The molecule has 3 aliphatic heterocycles. The smallest absolute Gasteiger partial charge is 0.187 e. The van der Waals surface area contributed by atoms with Crippen LogP contribution in [0.1, 0.15) is 45.4 Å². The monoisotopic (exact) mass is 630 g/mol. The Bertz CT molecular complexity index is 777. The number of rotatable bonds is 16. The van der Waals surface area contributed by atoms with Gasteiger partial charge in [0.2, 0.25) is 0 Å². The van der Waals surface area contributed by atoms with Crippen LogP contribution in [-0.2, 0) is 33.2 Å². The number of aliphatic hydroxyl groups excluding tert-OH is 9. The van der Waals surface area contributed by atoms with Crippen LogP contribution < -0.4 is 0 Å². The van der Waals surface area contributed by atoms with E-state index in [1.807, 2.05) is 0 Å². The molecule has 0 aromatic heterocycles. The molecule has 3 heterocycles. The number of hydrogen-bond donors (Lipinski definition) is 9. The van der Waals surface area contributed by atoms with Crippen LogP contribution in [0.2, 0.25) is 0 Å². The Labute approximate surface area is 250 Å². The molecule has 0 aromatic carbocycles. The average Bonchev–Trinajstić information content (AvgIpc) is 3.00. The highest BCUT2D eigenvalue weighted by atomic mass is 16.7. The Balaban J connectivity index is 1.71. The lowest BCUT2D eigenvalue weighted by Gasteiger charge is -2.47. The first-order valence-electron chi connectivity index (χ1n) is 15.0. The van der Waals surface area contributed by atoms with Gasteiger partial charge < -0.3 is 79.1 Å². The lowest BCUT2D eigenvalue weighted by molar-refractivity contribution is -0.367. The molecule has 0 aliphatic carbocycles. The maximum absolute atomic E-state index is 11.2. The summed E-state index contributed by atoms with van der Waals surface area (Å²) in [5, 5.41) is 92.8. The Morgan fingerprint density at radius 2 is 1.07 bits per heavy atom. The van der Waals surface area contributed by atoms with E-state index in [2.05, 4.69) is 6.92 Å². The summed E-state index contributed by atoms with van der Waals surface area (Å²) in [6.07, 6.45) is -16.1. The van der Waals surface area contributed by atoms with Crippen molar-refractivity contribution < 1.29 is 79.1 Å². The molecule has 254 valence electrons. The molecule has 9 N–H and O–H groups in total. The van der Waals surface area contributed by atoms with Crippen molar-refractivity contribution in [3.8, 4) is 0 Å². The van der Waals surface area contributed by atoms with E-state index in [1.165, 1.54) is 7.11 Å². The molecular formula is C27H50O16. The zero-order valence-electron chi connectivity index (χ0n) is 24.6. The van der Waals surface area contributed by atoms with Crippen molar-refractivity contribution >= 4 is 0 Å². The van der Waals surface area contributed by atoms with Crippen LogP contribution in [0.4, 0.5) is 0 Å². The van der Waals surface area contributed by atoms with Crippen LogP contribution in [0.3, 0.4) is 0 Å². The van der Waals surface area contributed by atoms with Gasteiger partial charge in [-0.3, -0.25) is 0 Å². The summed E-state index contributed by atoms with van der Waals surface area (Å²) in [5.74, 6) is 0. The highest BCUT2D eigenvalue weighted by molar-refractivity contribution is 4.95. The van der Waals surface area contributed by atoms with Crippen LogP contribution in [0.15, 0.2) is 0 Å². The molecule has 3 rings (SSSR count). The van der Waals surface area contributed by atoms with E-state index >= 15 is 0 Å². The summed E-state index contributed by atoms with van der Waals surface area (Å²) in [6, 6.07) is 0. The quantitative estimate of drug-likeness (QED) is 0.0750. The van der Waals surface area contributed by atoms with Crippen molar-refractivity contribution in [1.29, 1.82) is 0 Å². The van der Waals surface area contributed by atoms with Crippen LogP contribution in [0.5, 0.6) is 0 Å². The molecule has 0 unspecified atom stereocenters. The summed E-state index contributed by atoms with van der Waals surface area (Å²) >= 11 is 0. The third kappa shape index (κ3) is 9.22. The number of ether oxygens (including phenoxy) is 7. The van der Waals surface area contributed by atoms with Gasteiger partial charge in [0.25, 0.3) is 0 Å². The van der Waals surface area contributed by atoms with E-state index < -0.39 is 112 Å². The van der Waals surface area contributed by atoms with Crippen molar-refractivity contribution in [3.63, 3.8) is 0 Å². The molecule has 3 saturated heterocycles. The van der Waals surface area contributed by atoms with Crippen molar-refractivity contribution in [1.82, 2.24) is 0 Å². The first-order chi connectivity index (χ1) is 20.6. The minimum atomic E-state index is -1.70. The third-order valence-electron chi connectivity index (χ3n) is 8.08. The molecule has 3 fully saturated rings. The minimum Gasteiger partial charge on any atom is -0.394 e. The summed E-state index contributed by atoms with van der Waals surface area (Å²) < 4.78 is 39.0. The molecule has 16 nitrogen and oxygen atoms in total. The summed E-state index contributed by atoms with van der Waals surface area (Å²) in [4.78, 5) is 0. The molecule has 0 spiro atoms. The molecule has 0 radical (unpaired) electrons. The SMILES string of the molecule is CCCCCCCCO[C@@H]1O[C@H](CO[C@H]2O[C@H](CO)[C@@H](O)[C@H](O)[C@@H]2O)[C@@H](O)[C@H](O[C@H]2O[C@H](CO)[C@@H](O)[C@H](OC)[C@@H]2O)[C@@H]1O. The molecular weight excluding hydrogens is 580 g/mol. The Morgan fingerprint density at radius 3 is 1.72 bits per heavy atom. The van der Waals surface area contributed by atoms with Crippen molar-refractivity contribution in [2.24, 2.45) is 0 Å². The Hall–Kier alpha value is -0.640. The number of unbranched alkanes of at least 4 members (excludes halogenated alkanes) is 5. The zero-order valence-corrected chi connectivity index (χ0v) is 24.6. The maximum atomic E-state index is 11.2. The van der Waals surface area contributed by atoms with Gasteiger partial charge in [-0.05, 0) is 6.42 Å². The van der Waals surface area contributed by atoms with Gasteiger partial charge in [0.15, 0.2) is 18.9 Å². The van der Waals surface area contributed by atoms with E-state index in [9.17, 15) is 46.0 Å². The number of hydrogen-bond acceptors (Lipinski definition) is 16. The molecule has 0 saturated carbocycles. The summed E-state index contributed by atoms with van der Waals surface area (Å²) in [5.41, 5.74) is 0. The lowest BCUT2D eigenvalue weighted by Crippen LogP contribution is -2.65. The van der Waals surface area contributed by atoms with Gasteiger partial charge >= 0.3 is 0 Å². The fourth-order valence-electron chi connectivity index (χ4n) is 5.41. The zero-order chi connectivity index (χ0) is 31.7. The van der Waals surface area contributed by atoms with Crippen LogP contribution >= 0.6 is 0 Å². The van der Waals surface area contributed by atoms with Gasteiger partial charge in [-0.1, -0.05) is 39.0 Å². The van der Waals surface area contributed by atoms with Gasteiger partial charge in [-0.25, -0.2) is 0 Å². The minimum absolute atomic E-state index is 0.212. The first kappa shape index (κ1) is 36.8. The van der Waals surface area contributed by atoms with Gasteiger partial charge in [-0.2, -0.15) is 0 Å². The van der Waals surface area contributed by atoms with E-state index in [4.69, 9.17) is 33.2 Å². The van der Waals surface area contributed by atoms with Crippen molar-refractivity contribution in [2.75, 3.05) is 33.5 Å². The Kier molecular flexibility index (Phi) is 15.3. The van der Waals surface area contributed by atoms with Crippen molar-refractivity contribution in [3.05, 3.63) is 0 Å². The standard InChI is InChI=1S/C27H50O16/c1-3-4-5-6-7-8-9-38-26-22(36)24(43-27-21(35)23(37-2)17(31)14(11-29)41-27)18(32)15(42-26)12-39-25-20(34)19(33)16(30)13(10-28)40-25/h13-36H,3-12H2,1-2H3/t13-,14-,15-,16-,17-,18-,19+,20+,21+,22+,23+,24+,25+,26-,27-/m1/s1. The average molecular weight is 631 g/mol. The van der Waals surface area contributed by atoms with E-state index in [0.717, 1.165) is 32.1 Å². The normalized spacial score (nSPS) is 44.0. The highest BCUT2D eigenvalue weighted by Gasteiger charge is 2.52. The lowest BCUT2D eigenvalue weighted by atomic mass is 9.96. The summed E-state index contributed by atoms with van der Waals surface area (Å²) in [6.45, 7) is 0.546. The molecule has 0 aromatic rings. The van der Waals surface area contributed by atoms with Gasteiger partial charge in [0.1, 0.15) is 73.2 Å². The molecule has 15 atom stereocenters. The van der Waals surface area contributed by atoms with Crippen molar-refractivity contribution in [2.45, 2.75) is 138 Å². The largest absolute Gasteiger partial charge is 0.394 e. The van der Waals surface area contributed by atoms with E-state index in [-0.39, 0.29) is 6.61 Å². The fraction of sp³-hybridized carbons (Fsp3) is 1.00. The second-order valence-electron chi connectivity index (χ2n) is 11.2. The van der Waals surface area contributed by atoms with E-state index in [1.54, 1.807) is 0 Å². The van der Waals surface area contributed by atoms with Gasteiger partial charge in [0.05, 0.1) is 19.8 Å². The van der Waals surface area contributed by atoms with Gasteiger partial charge in [-0.15, -0.1) is 0 Å². The molecule has 16 heteroatoms. The first-order valence-corrected chi connectivity index (χ1v) is 15.0. The fourth-order valence-corrected chi connectivity index (χ4v) is 5.41. The van der Waals surface area contributed by atoms with Gasteiger partial charge in [0, 0.05) is 13.7 Å². The highest BCUT2D eigenvalue weighted by Crippen LogP contribution is 2.31. The Morgan fingerprint density at radius 1 is 0.535 bits per heavy atom. The second-order valence-corrected chi connectivity index (χ2v) is 11.2. The molecule has 0 amide bonds. The summed E-state index contributed by atoms with van der Waals surface area (Å²) in [7, 11) is 1.24. The molecule has 3 aliphatic rings. The molecule has 43 heavy (non-hydrogen) atoms. The van der Waals surface area contributed by atoms with Crippen LogP contribution in [0, 0.1) is 0 Å². The topological polar surface area (TPSA) is 247 Å². The predicted molar refractivity (Wildman–Crippen MR) is 143 cm³/mol. The third-order valence-corrected chi connectivity index (χ3v) is 8.08. The maximum Gasteiger partial charge on any atom is 0.187 e. The van der Waals surface area contributed by atoms with Crippen LogP contribution in [-0.4, -0.2) is 172 Å². The van der Waals surface area contributed by atoms with Crippen LogP contribution in [0.25, 0.3) is 0 Å². The number of aliphatic hydroxyl groups is 9. The number of methoxy groups -OCH3 is 1.